The van der Waals surface area contributed by atoms with Crippen molar-refractivity contribution in [3.8, 4) is 0 Å². The summed E-state index contributed by atoms with van der Waals surface area (Å²) in [7, 11) is 0. The van der Waals surface area contributed by atoms with Crippen molar-refractivity contribution in [1.29, 1.82) is 0 Å². The molecule has 1 aromatic rings. The predicted molar refractivity (Wildman–Crippen MR) is 53.4 cm³/mol. The Morgan fingerprint density at radius 1 is 1.47 bits per heavy atom. The van der Waals surface area contributed by atoms with Gasteiger partial charge in [0.25, 0.3) is 0 Å². The van der Waals surface area contributed by atoms with Gasteiger partial charge < -0.3 is 9.84 Å². The van der Waals surface area contributed by atoms with E-state index in [4.69, 9.17) is 5.11 Å². The summed E-state index contributed by atoms with van der Waals surface area (Å²) >= 11 is 0. The second kappa shape index (κ2) is 5.18. The molecule has 1 rings (SSSR count). The first-order valence-corrected chi connectivity index (χ1v) is 4.88. The summed E-state index contributed by atoms with van der Waals surface area (Å²) in [6, 6.07) is 4.65. The van der Waals surface area contributed by atoms with E-state index < -0.39 is 18.2 Å². The second-order valence-electron chi connectivity index (χ2n) is 3.29. The first-order valence-electron chi connectivity index (χ1n) is 4.88. The lowest BCUT2D eigenvalue weighted by atomic mass is 10.1. The lowest BCUT2D eigenvalue weighted by Gasteiger charge is -2.15. The van der Waals surface area contributed by atoms with Gasteiger partial charge in [0.1, 0.15) is 0 Å². The van der Waals surface area contributed by atoms with Crippen molar-refractivity contribution >= 4 is 5.97 Å². The maximum atomic E-state index is 12.2. The van der Waals surface area contributed by atoms with E-state index in [9.17, 15) is 18.0 Å². The molecule has 0 saturated heterocycles. The Kier molecular flexibility index (Phi) is 4.11. The average Bonchev–Trinajstić information content (AvgIpc) is 2.27. The molecule has 1 atom stereocenters. The van der Waals surface area contributed by atoms with E-state index >= 15 is 0 Å². The van der Waals surface area contributed by atoms with Crippen LogP contribution in [0.2, 0.25) is 0 Å². The number of esters is 1. The van der Waals surface area contributed by atoms with Crippen molar-refractivity contribution in [3.63, 3.8) is 0 Å². The van der Waals surface area contributed by atoms with E-state index in [-0.39, 0.29) is 17.7 Å². The number of carbonyl (C=O) groups is 1. The van der Waals surface area contributed by atoms with Crippen LogP contribution in [-0.4, -0.2) is 23.9 Å². The van der Waals surface area contributed by atoms with E-state index in [1.807, 2.05) is 0 Å². The molecule has 0 aromatic heterocycles. The molecular weight excluding hydrogens is 237 g/mol. The van der Waals surface area contributed by atoms with Gasteiger partial charge in [-0.2, -0.15) is 13.2 Å². The number of alkyl halides is 3. The number of ether oxygens (including phenoxy) is 1. The van der Waals surface area contributed by atoms with Crippen LogP contribution in [0, 0.1) is 0 Å². The van der Waals surface area contributed by atoms with Gasteiger partial charge in [0.05, 0.1) is 12.2 Å². The maximum absolute atomic E-state index is 12.2. The Morgan fingerprint density at radius 2 is 2.12 bits per heavy atom. The van der Waals surface area contributed by atoms with E-state index in [1.54, 1.807) is 6.92 Å². The Hall–Kier alpha value is -1.56. The van der Waals surface area contributed by atoms with Gasteiger partial charge in [0.2, 0.25) is 0 Å². The van der Waals surface area contributed by atoms with Crippen molar-refractivity contribution in [3.05, 3.63) is 35.4 Å². The Labute approximate surface area is 95.8 Å². The number of hydrogen-bond donors (Lipinski definition) is 1. The first kappa shape index (κ1) is 13.5. The standard InChI is InChI=1S/C11H11F3O3/c1-2-17-10(16)8-5-3-4-7(6-8)9(15)11(12,13)14/h3-6,9,15H,2H2,1H3/t9-/m0/s1. The van der Waals surface area contributed by atoms with Gasteiger partial charge in [-0.05, 0) is 24.6 Å². The second-order valence-corrected chi connectivity index (χ2v) is 3.29. The summed E-state index contributed by atoms with van der Waals surface area (Å²) < 4.78 is 41.4. The fraction of sp³-hybridized carbons (Fsp3) is 0.364. The molecule has 0 heterocycles. The molecule has 0 amide bonds. The Bertz CT molecular complexity index is 401. The summed E-state index contributed by atoms with van der Waals surface area (Å²) in [4.78, 5) is 11.3. The highest BCUT2D eigenvalue weighted by Gasteiger charge is 2.39. The highest BCUT2D eigenvalue weighted by molar-refractivity contribution is 5.89. The van der Waals surface area contributed by atoms with Crippen molar-refractivity contribution < 1.29 is 27.8 Å². The van der Waals surface area contributed by atoms with Crippen LogP contribution in [0.15, 0.2) is 24.3 Å². The summed E-state index contributed by atoms with van der Waals surface area (Å²) in [5.74, 6) is -0.719. The number of aliphatic hydroxyl groups excluding tert-OH is 1. The molecule has 0 aliphatic rings. The molecule has 0 bridgehead atoms. The van der Waals surface area contributed by atoms with E-state index in [0.29, 0.717) is 0 Å². The molecular formula is C11H11F3O3. The summed E-state index contributed by atoms with van der Waals surface area (Å²) in [5, 5.41) is 9.02. The highest BCUT2D eigenvalue weighted by Crippen LogP contribution is 2.32. The fourth-order valence-electron chi connectivity index (χ4n) is 1.24. The van der Waals surface area contributed by atoms with Gasteiger partial charge >= 0.3 is 12.1 Å². The number of carbonyl (C=O) groups excluding carboxylic acids is 1. The molecule has 1 N–H and O–H groups in total. The van der Waals surface area contributed by atoms with Gasteiger partial charge in [0, 0.05) is 0 Å². The fourth-order valence-corrected chi connectivity index (χ4v) is 1.24. The zero-order valence-electron chi connectivity index (χ0n) is 8.99. The normalized spacial score (nSPS) is 13.2. The number of benzene rings is 1. The smallest absolute Gasteiger partial charge is 0.418 e. The third kappa shape index (κ3) is 3.45. The van der Waals surface area contributed by atoms with Crippen LogP contribution in [0.25, 0.3) is 0 Å². The summed E-state index contributed by atoms with van der Waals surface area (Å²) in [6.07, 6.45) is -7.36. The van der Waals surface area contributed by atoms with Crippen molar-refractivity contribution in [2.75, 3.05) is 6.61 Å². The molecule has 0 radical (unpaired) electrons. The molecule has 17 heavy (non-hydrogen) atoms. The molecule has 0 aliphatic carbocycles. The van der Waals surface area contributed by atoms with E-state index in [0.717, 1.165) is 12.1 Å². The summed E-state index contributed by atoms with van der Waals surface area (Å²) in [6.45, 7) is 1.72. The topological polar surface area (TPSA) is 46.5 Å². The highest BCUT2D eigenvalue weighted by atomic mass is 19.4. The van der Waals surface area contributed by atoms with Crippen LogP contribution in [-0.2, 0) is 4.74 Å². The molecule has 0 fully saturated rings. The van der Waals surface area contributed by atoms with Crippen LogP contribution in [0.3, 0.4) is 0 Å². The molecule has 0 aliphatic heterocycles. The lowest BCUT2D eigenvalue weighted by Crippen LogP contribution is -2.20. The minimum atomic E-state index is -4.76. The SMILES string of the molecule is CCOC(=O)c1cccc([C@H](O)C(F)(F)F)c1. The molecule has 0 spiro atoms. The van der Waals surface area contributed by atoms with Crippen molar-refractivity contribution in [1.82, 2.24) is 0 Å². The molecule has 1 aromatic carbocycles. The number of hydrogen-bond acceptors (Lipinski definition) is 3. The quantitative estimate of drug-likeness (QED) is 0.836. The molecule has 6 heteroatoms. The average molecular weight is 248 g/mol. The molecule has 3 nitrogen and oxygen atoms in total. The predicted octanol–water partition coefficient (Wildman–Crippen LogP) is 2.46. The van der Waals surface area contributed by atoms with Gasteiger partial charge in [0.15, 0.2) is 6.10 Å². The number of aliphatic hydroxyl groups is 1. The van der Waals surface area contributed by atoms with Crippen molar-refractivity contribution in [2.24, 2.45) is 0 Å². The Morgan fingerprint density at radius 3 is 2.65 bits per heavy atom. The van der Waals surface area contributed by atoms with Crippen molar-refractivity contribution in [2.45, 2.75) is 19.2 Å². The van der Waals surface area contributed by atoms with Gasteiger partial charge in [-0.1, -0.05) is 12.1 Å². The minimum Gasteiger partial charge on any atom is -0.462 e. The first-order chi connectivity index (χ1) is 7.86. The zero-order valence-corrected chi connectivity index (χ0v) is 8.99. The van der Waals surface area contributed by atoms with Crippen LogP contribution in [0.4, 0.5) is 13.2 Å². The van der Waals surface area contributed by atoms with Crippen LogP contribution < -0.4 is 0 Å². The van der Waals surface area contributed by atoms with E-state index in [2.05, 4.69) is 4.74 Å². The lowest BCUT2D eigenvalue weighted by molar-refractivity contribution is -0.206. The summed E-state index contributed by atoms with van der Waals surface area (Å²) in [5.41, 5.74) is -0.407. The van der Waals surface area contributed by atoms with Gasteiger partial charge in [-0.25, -0.2) is 4.79 Å². The van der Waals surface area contributed by atoms with E-state index in [1.165, 1.54) is 12.1 Å². The third-order valence-corrected chi connectivity index (χ3v) is 2.02. The van der Waals surface area contributed by atoms with Crippen LogP contribution in [0.1, 0.15) is 28.9 Å². The minimum absolute atomic E-state index is 0.0207. The van der Waals surface area contributed by atoms with Crippen LogP contribution >= 0.6 is 0 Å². The zero-order chi connectivity index (χ0) is 13.1. The molecule has 0 saturated carbocycles. The largest absolute Gasteiger partial charge is 0.462 e. The monoisotopic (exact) mass is 248 g/mol. The third-order valence-electron chi connectivity index (χ3n) is 2.02. The van der Waals surface area contributed by atoms with Crippen LogP contribution in [0.5, 0.6) is 0 Å². The number of rotatable bonds is 3. The maximum Gasteiger partial charge on any atom is 0.418 e. The number of halogens is 3. The molecule has 94 valence electrons. The molecule has 0 unspecified atom stereocenters. The van der Waals surface area contributed by atoms with Gasteiger partial charge in [-0.15, -0.1) is 0 Å². The van der Waals surface area contributed by atoms with Gasteiger partial charge in [-0.3, -0.25) is 0 Å². The Balaban J connectivity index is 2.97.